The zero-order valence-electron chi connectivity index (χ0n) is 14.0. The van der Waals surface area contributed by atoms with Gasteiger partial charge in [0.2, 0.25) is 0 Å². The lowest BCUT2D eigenvalue weighted by atomic mass is 10.2. The number of aromatic nitrogens is 4. The second-order valence-electron chi connectivity index (χ2n) is 5.91. The fourth-order valence-corrected chi connectivity index (χ4v) is 2.76. The Morgan fingerprint density at radius 3 is 2.38 bits per heavy atom. The molecule has 0 amide bonds. The average Bonchev–Trinajstić information content (AvgIpc) is 3.07. The SMILES string of the molecule is CN(Cc1ccccc1F)c1ccc2nnc(-c3ccccc3F)n2n1. The molecule has 0 aliphatic rings. The van der Waals surface area contributed by atoms with Crippen molar-refractivity contribution in [3.63, 3.8) is 0 Å². The zero-order valence-corrected chi connectivity index (χ0v) is 14.0. The standard InChI is InChI=1S/C19H15F2N5/c1-25(12-13-6-2-4-8-15(13)20)18-11-10-17-22-23-19(26(17)24-18)14-7-3-5-9-16(14)21/h2-11H,12H2,1H3. The Bertz CT molecular complexity index is 1080. The molecule has 0 N–H and O–H groups in total. The number of nitrogens with zero attached hydrogens (tertiary/aromatic N) is 5. The molecule has 0 atom stereocenters. The lowest BCUT2D eigenvalue weighted by Gasteiger charge is -2.18. The molecular weight excluding hydrogens is 336 g/mol. The Hall–Kier alpha value is -3.35. The number of benzene rings is 2. The van der Waals surface area contributed by atoms with Crippen LogP contribution in [0.5, 0.6) is 0 Å². The van der Waals surface area contributed by atoms with E-state index < -0.39 is 5.82 Å². The van der Waals surface area contributed by atoms with Crippen LogP contribution in [0.3, 0.4) is 0 Å². The van der Waals surface area contributed by atoms with Crippen molar-refractivity contribution in [3.8, 4) is 11.4 Å². The highest BCUT2D eigenvalue weighted by Crippen LogP contribution is 2.22. The van der Waals surface area contributed by atoms with Crippen molar-refractivity contribution in [2.24, 2.45) is 0 Å². The monoisotopic (exact) mass is 351 g/mol. The van der Waals surface area contributed by atoms with Crippen LogP contribution in [0.15, 0.2) is 60.7 Å². The van der Waals surface area contributed by atoms with Crippen molar-refractivity contribution in [2.75, 3.05) is 11.9 Å². The third-order valence-electron chi connectivity index (χ3n) is 4.12. The molecule has 130 valence electrons. The highest BCUT2D eigenvalue weighted by Gasteiger charge is 2.15. The maximum absolute atomic E-state index is 14.1. The fourth-order valence-electron chi connectivity index (χ4n) is 2.76. The van der Waals surface area contributed by atoms with E-state index in [9.17, 15) is 8.78 Å². The van der Waals surface area contributed by atoms with Crippen LogP contribution < -0.4 is 4.90 Å². The molecule has 0 aliphatic heterocycles. The Morgan fingerprint density at radius 1 is 0.885 bits per heavy atom. The van der Waals surface area contributed by atoms with Gasteiger partial charge in [0.15, 0.2) is 11.5 Å². The summed E-state index contributed by atoms with van der Waals surface area (Å²) >= 11 is 0. The van der Waals surface area contributed by atoms with Crippen LogP contribution in [0.25, 0.3) is 17.0 Å². The minimum Gasteiger partial charge on any atom is -0.354 e. The molecule has 0 bridgehead atoms. The van der Waals surface area contributed by atoms with Gasteiger partial charge < -0.3 is 4.90 Å². The first-order valence-electron chi connectivity index (χ1n) is 8.05. The molecule has 0 saturated carbocycles. The quantitative estimate of drug-likeness (QED) is 0.562. The van der Waals surface area contributed by atoms with Crippen LogP contribution in [-0.4, -0.2) is 26.9 Å². The number of rotatable bonds is 4. The van der Waals surface area contributed by atoms with Crippen molar-refractivity contribution >= 4 is 11.5 Å². The summed E-state index contributed by atoms with van der Waals surface area (Å²) in [6, 6.07) is 16.5. The van der Waals surface area contributed by atoms with Gasteiger partial charge in [0.1, 0.15) is 17.5 Å². The lowest BCUT2D eigenvalue weighted by molar-refractivity contribution is 0.607. The van der Waals surface area contributed by atoms with Gasteiger partial charge in [0.05, 0.1) is 5.56 Å². The Labute approximate surface area is 148 Å². The molecule has 2 aromatic heterocycles. The highest BCUT2D eigenvalue weighted by atomic mass is 19.1. The van der Waals surface area contributed by atoms with Gasteiger partial charge in [-0.05, 0) is 30.3 Å². The predicted octanol–water partition coefficient (Wildman–Crippen LogP) is 3.71. The van der Waals surface area contributed by atoms with Crippen molar-refractivity contribution in [3.05, 3.63) is 77.9 Å². The van der Waals surface area contributed by atoms with E-state index >= 15 is 0 Å². The molecule has 0 unspecified atom stereocenters. The molecule has 0 aliphatic carbocycles. The third-order valence-corrected chi connectivity index (χ3v) is 4.12. The molecule has 4 rings (SSSR count). The van der Waals surface area contributed by atoms with E-state index in [-0.39, 0.29) is 5.82 Å². The van der Waals surface area contributed by atoms with Gasteiger partial charge in [0.25, 0.3) is 0 Å². The number of hydrogen-bond acceptors (Lipinski definition) is 4. The van der Waals surface area contributed by atoms with Crippen LogP contribution in [-0.2, 0) is 6.54 Å². The summed E-state index contributed by atoms with van der Waals surface area (Å²) in [5.74, 6) is 0.253. The fraction of sp³-hybridized carbons (Fsp3) is 0.105. The van der Waals surface area contributed by atoms with E-state index in [0.717, 1.165) is 0 Å². The van der Waals surface area contributed by atoms with Gasteiger partial charge in [-0.1, -0.05) is 30.3 Å². The minimum atomic E-state index is -0.395. The van der Waals surface area contributed by atoms with Crippen molar-refractivity contribution in [1.29, 1.82) is 0 Å². The van der Waals surface area contributed by atoms with Crippen LogP contribution in [0, 0.1) is 11.6 Å². The van der Waals surface area contributed by atoms with Gasteiger partial charge in [-0.2, -0.15) is 4.52 Å². The molecule has 0 fully saturated rings. The molecule has 0 saturated heterocycles. The summed E-state index contributed by atoms with van der Waals surface area (Å²) in [6.45, 7) is 0.350. The van der Waals surface area contributed by atoms with E-state index in [1.807, 2.05) is 11.9 Å². The van der Waals surface area contributed by atoms with E-state index in [1.165, 1.54) is 16.6 Å². The van der Waals surface area contributed by atoms with Crippen molar-refractivity contribution < 1.29 is 8.78 Å². The average molecular weight is 351 g/mol. The molecule has 0 radical (unpaired) electrons. The largest absolute Gasteiger partial charge is 0.354 e. The van der Waals surface area contributed by atoms with Crippen LogP contribution >= 0.6 is 0 Å². The number of halogens is 2. The van der Waals surface area contributed by atoms with Gasteiger partial charge in [-0.25, -0.2) is 8.78 Å². The molecule has 26 heavy (non-hydrogen) atoms. The first-order chi connectivity index (χ1) is 12.6. The summed E-state index contributed by atoms with van der Waals surface area (Å²) in [4.78, 5) is 1.81. The van der Waals surface area contributed by atoms with E-state index in [4.69, 9.17) is 0 Å². The summed E-state index contributed by atoms with van der Waals surface area (Å²) in [7, 11) is 1.81. The second kappa shape index (κ2) is 6.51. The van der Waals surface area contributed by atoms with E-state index in [0.29, 0.717) is 35.0 Å². The smallest absolute Gasteiger partial charge is 0.188 e. The summed E-state index contributed by atoms with van der Waals surface area (Å²) < 4.78 is 29.5. The first-order valence-corrected chi connectivity index (χ1v) is 8.05. The van der Waals surface area contributed by atoms with Crippen LogP contribution in [0.1, 0.15) is 5.56 Å². The van der Waals surface area contributed by atoms with Gasteiger partial charge >= 0.3 is 0 Å². The normalized spacial score (nSPS) is 11.0. The molecule has 7 heteroatoms. The zero-order chi connectivity index (χ0) is 18.1. The molecule has 0 spiro atoms. The topological polar surface area (TPSA) is 46.3 Å². The summed E-state index contributed by atoms with van der Waals surface area (Å²) in [5, 5.41) is 12.6. The number of anilines is 1. The van der Waals surface area contributed by atoms with E-state index in [1.54, 1.807) is 48.5 Å². The predicted molar refractivity (Wildman–Crippen MR) is 94.7 cm³/mol. The number of fused-ring (bicyclic) bond motifs is 1. The van der Waals surface area contributed by atoms with Crippen LogP contribution in [0.2, 0.25) is 0 Å². The lowest BCUT2D eigenvalue weighted by Crippen LogP contribution is -2.19. The Morgan fingerprint density at radius 2 is 1.62 bits per heavy atom. The highest BCUT2D eigenvalue weighted by molar-refractivity contribution is 5.60. The summed E-state index contributed by atoms with van der Waals surface area (Å²) in [5.41, 5.74) is 1.39. The summed E-state index contributed by atoms with van der Waals surface area (Å²) in [6.07, 6.45) is 0. The van der Waals surface area contributed by atoms with Crippen molar-refractivity contribution in [2.45, 2.75) is 6.54 Å². The molecule has 4 aromatic rings. The van der Waals surface area contributed by atoms with Gasteiger partial charge in [0, 0.05) is 19.2 Å². The molecule has 2 heterocycles. The Kier molecular flexibility index (Phi) is 4.04. The van der Waals surface area contributed by atoms with Crippen LogP contribution in [0.4, 0.5) is 14.6 Å². The molecule has 2 aromatic carbocycles. The maximum Gasteiger partial charge on any atom is 0.188 e. The first kappa shape index (κ1) is 16.1. The molecule has 5 nitrogen and oxygen atoms in total. The second-order valence-corrected chi connectivity index (χ2v) is 5.91. The van der Waals surface area contributed by atoms with Crippen molar-refractivity contribution in [1.82, 2.24) is 19.8 Å². The van der Waals surface area contributed by atoms with Gasteiger partial charge in [-0.15, -0.1) is 15.3 Å². The molecular formula is C19H15F2N5. The number of hydrogen-bond donors (Lipinski definition) is 0. The maximum atomic E-state index is 14.1. The van der Waals surface area contributed by atoms with E-state index in [2.05, 4.69) is 15.3 Å². The minimum absolute atomic E-state index is 0.267. The Balaban J connectivity index is 1.72. The third kappa shape index (κ3) is 2.88. The van der Waals surface area contributed by atoms with Gasteiger partial charge in [-0.3, -0.25) is 0 Å².